The Labute approximate surface area is 249 Å². The van der Waals surface area contributed by atoms with Crippen molar-refractivity contribution in [3.8, 4) is 39.3 Å². The first-order valence-electron chi connectivity index (χ1n) is 14.7. The highest BCUT2D eigenvalue weighted by atomic mass is 15.2. The van der Waals surface area contributed by atoms with Crippen molar-refractivity contribution in [2.75, 3.05) is 11.9 Å². The van der Waals surface area contributed by atoms with Gasteiger partial charge in [-0.1, -0.05) is 121 Å². The van der Waals surface area contributed by atoms with Crippen LogP contribution in [0, 0.1) is 0 Å². The van der Waals surface area contributed by atoms with Crippen molar-refractivity contribution in [1.82, 2.24) is 9.55 Å². The Bertz CT molecular complexity index is 2350. The van der Waals surface area contributed by atoms with E-state index < -0.39 is 0 Å². The summed E-state index contributed by atoms with van der Waals surface area (Å²) in [7, 11) is 2.17. The van der Waals surface area contributed by atoms with E-state index in [0.29, 0.717) is 0 Å². The van der Waals surface area contributed by atoms with Crippen molar-refractivity contribution in [2.45, 2.75) is 0 Å². The van der Waals surface area contributed by atoms with Gasteiger partial charge < -0.3 is 4.90 Å². The molecule has 0 bridgehead atoms. The molecule has 1 aliphatic heterocycles. The molecule has 202 valence electrons. The molecule has 8 aromatic rings. The van der Waals surface area contributed by atoms with Crippen LogP contribution in [0.3, 0.4) is 0 Å². The molecule has 3 heteroatoms. The molecule has 0 aliphatic carbocycles. The lowest BCUT2D eigenvalue weighted by Crippen LogP contribution is -2.19. The van der Waals surface area contributed by atoms with E-state index in [1.165, 1.54) is 49.5 Å². The molecule has 1 aliphatic rings. The second-order valence-corrected chi connectivity index (χ2v) is 11.3. The summed E-state index contributed by atoms with van der Waals surface area (Å²) in [6.07, 6.45) is 0. The second-order valence-electron chi connectivity index (χ2n) is 11.3. The van der Waals surface area contributed by atoms with E-state index in [4.69, 9.17) is 4.98 Å². The van der Waals surface area contributed by atoms with E-state index >= 15 is 0 Å². The third kappa shape index (κ3) is 3.52. The number of anilines is 2. The Morgan fingerprint density at radius 3 is 1.95 bits per heavy atom. The first-order chi connectivity index (χ1) is 21.3. The molecule has 0 spiro atoms. The summed E-state index contributed by atoms with van der Waals surface area (Å²) in [6.45, 7) is 0. The highest BCUT2D eigenvalue weighted by Gasteiger charge is 2.28. The van der Waals surface area contributed by atoms with Gasteiger partial charge in [0, 0.05) is 18.2 Å². The number of benzene rings is 7. The fourth-order valence-corrected chi connectivity index (χ4v) is 6.93. The van der Waals surface area contributed by atoms with Crippen LogP contribution in [-0.4, -0.2) is 16.6 Å². The van der Waals surface area contributed by atoms with E-state index in [0.717, 1.165) is 33.8 Å². The third-order valence-corrected chi connectivity index (χ3v) is 8.91. The van der Waals surface area contributed by atoms with E-state index in [2.05, 4.69) is 162 Å². The third-order valence-electron chi connectivity index (χ3n) is 8.91. The standard InChI is InChI=1S/C40H27N3/c1-42-36-19-10-18-35-39(36)43(40(41-35)28-11-3-2-4-12-28)37-20-9-17-31(38(37)42)26-21-23-27(24-22-26)34-25-29-13-5-6-14-30(29)32-15-7-8-16-33(32)34/h2-25H,1H3. The van der Waals surface area contributed by atoms with Crippen LogP contribution in [0.15, 0.2) is 146 Å². The predicted molar refractivity (Wildman–Crippen MR) is 180 cm³/mol. The monoisotopic (exact) mass is 549 g/mol. The van der Waals surface area contributed by atoms with Crippen molar-refractivity contribution >= 4 is 44.0 Å². The van der Waals surface area contributed by atoms with Gasteiger partial charge >= 0.3 is 0 Å². The average Bonchev–Trinajstić information content (AvgIpc) is 3.47. The van der Waals surface area contributed by atoms with E-state index in [-0.39, 0.29) is 0 Å². The topological polar surface area (TPSA) is 21.1 Å². The zero-order chi connectivity index (χ0) is 28.5. The quantitative estimate of drug-likeness (QED) is 0.204. The number of rotatable bonds is 3. The fourth-order valence-electron chi connectivity index (χ4n) is 6.93. The number of nitrogens with zero attached hydrogens (tertiary/aromatic N) is 3. The van der Waals surface area contributed by atoms with Crippen LogP contribution < -0.4 is 4.90 Å². The van der Waals surface area contributed by atoms with Crippen molar-refractivity contribution in [3.63, 3.8) is 0 Å². The minimum atomic E-state index is 0.966. The maximum absolute atomic E-state index is 5.12. The lowest BCUT2D eigenvalue weighted by atomic mass is 9.92. The molecule has 0 fully saturated rings. The Kier molecular flexibility index (Phi) is 5.11. The molecule has 43 heavy (non-hydrogen) atoms. The molecular formula is C40H27N3. The van der Waals surface area contributed by atoms with Gasteiger partial charge in [-0.25, -0.2) is 4.98 Å². The molecule has 9 rings (SSSR count). The molecule has 0 atom stereocenters. The first kappa shape index (κ1) is 24.0. The molecule has 0 amide bonds. The van der Waals surface area contributed by atoms with Crippen molar-refractivity contribution in [1.29, 1.82) is 0 Å². The van der Waals surface area contributed by atoms with Gasteiger partial charge in [0.1, 0.15) is 5.82 Å². The molecule has 7 aromatic carbocycles. The Morgan fingerprint density at radius 2 is 1.14 bits per heavy atom. The minimum absolute atomic E-state index is 0.966. The van der Waals surface area contributed by atoms with Crippen molar-refractivity contribution in [2.24, 2.45) is 0 Å². The summed E-state index contributed by atoms with van der Waals surface area (Å²) < 4.78 is 2.34. The molecule has 3 nitrogen and oxygen atoms in total. The number of fused-ring (bicyclic) bond motifs is 5. The van der Waals surface area contributed by atoms with Crippen LogP contribution in [0.4, 0.5) is 11.4 Å². The van der Waals surface area contributed by atoms with Crippen LogP contribution in [0.25, 0.3) is 71.9 Å². The molecule has 1 aromatic heterocycles. The summed E-state index contributed by atoms with van der Waals surface area (Å²) in [5, 5.41) is 5.12. The molecule has 0 saturated heterocycles. The number of imidazole rings is 1. The number of hydrogen-bond donors (Lipinski definition) is 0. The maximum atomic E-state index is 5.12. The van der Waals surface area contributed by atoms with Crippen LogP contribution in [0.5, 0.6) is 0 Å². The zero-order valence-electron chi connectivity index (χ0n) is 23.7. The van der Waals surface area contributed by atoms with Gasteiger partial charge in [-0.3, -0.25) is 4.57 Å². The van der Waals surface area contributed by atoms with E-state index in [1.54, 1.807) is 0 Å². The smallest absolute Gasteiger partial charge is 0.145 e. The maximum Gasteiger partial charge on any atom is 0.145 e. The lowest BCUT2D eigenvalue weighted by Gasteiger charge is -2.32. The summed E-state index contributed by atoms with van der Waals surface area (Å²) >= 11 is 0. The lowest BCUT2D eigenvalue weighted by molar-refractivity contribution is 1.05. The highest BCUT2D eigenvalue weighted by molar-refractivity contribution is 6.14. The summed E-state index contributed by atoms with van der Waals surface area (Å²) in [5.74, 6) is 0.966. The Hall–Kier alpha value is -5.67. The van der Waals surface area contributed by atoms with Gasteiger partial charge in [-0.15, -0.1) is 0 Å². The zero-order valence-corrected chi connectivity index (χ0v) is 23.7. The summed E-state index contributed by atoms with van der Waals surface area (Å²) in [4.78, 5) is 7.45. The number of aromatic nitrogens is 2. The van der Waals surface area contributed by atoms with Gasteiger partial charge in [0.15, 0.2) is 0 Å². The van der Waals surface area contributed by atoms with Gasteiger partial charge in [0.05, 0.1) is 28.1 Å². The molecular weight excluding hydrogens is 522 g/mol. The molecule has 0 unspecified atom stereocenters. The average molecular weight is 550 g/mol. The summed E-state index contributed by atoms with van der Waals surface area (Å²) in [5.41, 5.74) is 11.6. The highest BCUT2D eigenvalue weighted by Crippen LogP contribution is 2.48. The van der Waals surface area contributed by atoms with Crippen molar-refractivity contribution in [3.05, 3.63) is 146 Å². The normalized spacial score (nSPS) is 12.3. The van der Waals surface area contributed by atoms with Gasteiger partial charge in [-0.05, 0) is 62.5 Å². The van der Waals surface area contributed by atoms with Crippen LogP contribution in [0.2, 0.25) is 0 Å². The van der Waals surface area contributed by atoms with Crippen LogP contribution in [0.1, 0.15) is 0 Å². The number of para-hydroxylation sites is 2. The van der Waals surface area contributed by atoms with Gasteiger partial charge in [0.2, 0.25) is 0 Å². The molecule has 2 heterocycles. The predicted octanol–water partition coefficient (Wildman–Crippen LogP) is 10.4. The molecule has 0 radical (unpaired) electrons. The fraction of sp³-hybridized carbons (Fsp3) is 0.0250. The van der Waals surface area contributed by atoms with Gasteiger partial charge in [-0.2, -0.15) is 0 Å². The Balaban J connectivity index is 1.22. The Morgan fingerprint density at radius 1 is 0.488 bits per heavy atom. The summed E-state index contributed by atoms with van der Waals surface area (Å²) in [6, 6.07) is 52.3. The molecule has 0 saturated carbocycles. The minimum Gasteiger partial charge on any atom is -0.341 e. The van der Waals surface area contributed by atoms with Crippen LogP contribution >= 0.6 is 0 Å². The molecule has 0 N–H and O–H groups in total. The second kappa shape index (κ2) is 9.17. The largest absolute Gasteiger partial charge is 0.341 e. The van der Waals surface area contributed by atoms with Gasteiger partial charge in [0.25, 0.3) is 0 Å². The van der Waals surface area contributed by atoms with E-state index in [9.17, 15) is 0 Å². The van der Waals surface area contributed by atoms with Crippen molar-refractivity contribution < 1.29 is 0 Å². The number of hydrogen-bond acceptors (Lipinski definition) is 2. The van der Waals surface area contributed by atoms with Crippen LogP contribution in [-0.2, 0) is 0 Å². The van der Waals surface area contributed by atoms with E-state index in [1.807, 2.05) is 0 Å². The SMILES string of the molecule is CN1c2c(-c3ccc(-c4cc5ccccc5c5ccccc45)cc3)cccc2-n2c(-c3ccccc3)nc3cccc1c32. The first-order valence-corrected chi connectivity index (χ1v) is 14.7.